The second kappa shape index (κ2) is 12.8. The van der Waals surface area contributed by atoms with Gasteiger partial charge < -0.3 is 30.5 Å². The molecule has 0 aromatic rings. The number of thioether (sulfide) groups is 1. The molecule has 0 aromatic carbocycles. The fourth-order valence-corrected chi connectivity index (χ4v) is 5.92. The molecule has 4 rings (SSSR count). The van der Waals surface area contributed by atoms with Crippen molar-refractivity contribution in [3.05, 3.63) is 35.6 Å². The maximum absolute atomic E-state index is 13.0. The number of likely N-dealkylation sites (tertiary alicyclic amines) is 2. The molecule has 0 radical (unpaired) electrons. The van der Waals surface area contributed by atoms with E-state index in [0.29, 0.717) is 49.5 Å². The third kappa shape index (κ3) is 6.96. The minimum absolute atomic E-state index is 0.0695. The van der Waals surface area contributed by atoms with Crippen molar-refractivity contribution in [3.8, 4) is 0 Å². The second-order valence-electron chi connectivity index (χ2n) is 9.38. The van der Waals surface area contributed by atoms with Crippen LogP contribution >= 0.6 is 11.8 Å². The highest BCUT2D eigenvalue weighted by Crippen LogP contribution is 2.40. The van der Waals surface area contributed by atoms with Gasteiger partial charge in [0.1, 0.15) is 23.7 Å². The zero-order valence-corrected chi connectivity index (χ0v) is 22.1. The maximum Gasteiger partial charge on any atom is 0.490 e. The predicted octanol–water partition coefficient (Wildman–Crippen LogP) is 1.39. The first-order valence-electron chi connectivity index (χ1n) is 12.3. The number of carbonyl (C=O) groups is 5. The third-order valence-electron chi connectivity index (χ3n) is 6.72. The van der Waals surface area contributed by atoms with Crippen molar-refractivity contribution in [2.24, 2.45) is 11.7 Å². The fraction of sp³-hybridized carbons (Fsp3) is 0.542. The number of carboxylic acid groups (broad SMARTS) is 2. The Morgan fingerprint density at radius 1 is 1.15 bits per heavy atom. The number of ether oxygens (including phenoxy) is 1. The van der Waals surface area contributed by atoms with Crippen LogP contribution in [0.25, 0.3) is 0 Å². The van der Waals surface area contributed by atoms with Gasteiger partial charge in [0, 0.05) is 37.5 Å². The van der Waals surface area contributed by atoms with E-state index in [2.05, 4.69) is 6.58 Å². The van der Waals surface area contributed by atoms with Gasteiger partial charge in [-0.3, -0.25) is 14.5 Å². The van der Waals surface area contributed by atoms with Gasteiger partial charge in [0.2, 0.25) is 11.8 Å². The Morgan fingerprint density at radius 3 is 2.33 bits per heavy atom. The van der Waals surface area contributed by atoms with Crippen molar-refractivity contribution < 1.29 is 52.1 Å². The van der Waals surface area contributed by atoms with Crippen LogP contribution in [0.5, 0.6) is 0 Å². The molecule has 0 saturated carbocycles. The quantitative estimate of drug-likeness (QED) is 0.233. The van der Waals surface area contributed by atoms with E-state index in [1.54, 1.807) is 15.9 Å². The summed E-state index contributed by atoms with van der Waals surface area (Å²) in [6.07, 6.45) is -0.142. The van der Waals surface area contributed by atoms with Crippen LogP contribution in [0, 0.1) is 5.92 Å². The number of allylic oxidation sites excluding steroid dienone is 1. The molecule has 0 unspecified atom stereocenters. The number of aliphatic carboxylic acids is 2. The number of carboxylic acids is 2. The fourth-order valence-electron chi connectivity index (χ4n) is 4.67. The van der Waals surface area contributed by atoms with Gasteiger partial charge in [-0.25, -0.2) is 14.4 Å². The Morgan fingerprint density at radius 2 is 1.77 bits per heavy atom. The number of nitrogens with two attached hydrogens (primary N) is 1. The lowest BCUT2D eigenvalue weighted by Gasteiger charge is -2.47. The average molecular weight is 591 g/mol. The summed E-state index contributed by atoms with van der Waals surface area (Å²) in [5.41, 5.74) is 6.75. The van der Waals surface area contributed by atoms with Gasteiger partial charge in [-0.1, -0.05) is 12.7 Å². The molecule has 4 aliphatic rings. The summed E-state index contributed by atoms with van der Waals surface area (Å²) in [7, 11) is 0. The van der Waals surface area contributed by atoms with Crippen LogP contribution in [-0.4, -0.2) is 111 Å². The van der Waals surface area contributed by atoms with E-state index >= 15 is 0 Å². The Bertz CT molecular complexity index is 1130. The first-order chi connectivity index (χ1) is 18.8. The first-order valence-corrected chi connectivity index (χ1v) is 13.3. The minimum atomic E-state index is -5.08. The SMILES string of the molecule is C=CCOC(=O)N1CCC(CN2CC/C(=C\C3=C(C(=O)O)N4C(=O)[C@@H](N)[C@H]4SC3)C2=O)CC1.O=C(O)C(F)(F)F. The van der Waals surface area contributed by atoms with Crippen LogP contribution in [-0.2, 0) is 23.9 Å². The average Bonchev–Trinajstić information content (AvgIpc) is 3.24. The molecule has 3 fully saturated rings. The van der Waals surface area contributed by atoms with Gasteiger partial charge in [0.05, 0.1) is 0 Å². The van der Waals surface area contributed by atoms with Gasteiger partial charge in [-0.2, -0.15) is 13.2 Å². The highest BCUT2D eigenvalue weighted by molar-refractivity contribution is 8.00. The van der Waals surface area contributed by atoms with Gasteiger partial charge in [0.25, 0.3) is 0 Å². The molecule has 3 saturated heterocycles. The van der Waals surface area contributed by atoms with Crippen molar-refractivity contribution in [1.82, 2.24) is 14.7 Å². The van der Waals surface area contributed by atoms with Crippen LogP contribution in [0.4, 0.5) is 18.0 Å². The number of β-lactam (4-membered cyclic amide) rings is 1. The Labute approximate surface area is 231 Å². The Balaban J connectivity index is 0.000000559. The number of piperidine rings is 1. The van der Waals surface area contributed by atoms with Gasteiger partial charge in [-0.05, 0) is 36.8 Å². The van der Waals surface area contributed by atoms with Gasteiger partial charge >= 0.3 is 24.2 Å². The van der Waals surface area contributed by atoms with Crippen molar-refractivity contribution >= 4 is 41.6 Å². The zero-order valence-electron chi connectivity index (χ0n) is 21.3. The molecule has 3 amide bonds. The van der Waals surface area contributed by atoms with E-state index in [4.69, 9.17) is 20.4 Å². The lowest BCUT2D eigenvalue weighted by molar-refractivity contribution is -0.192. The lowest BCUT2D eigenvalue weighted by Crippen LogP contribution is -2.68. The first kappa shape index (κ1) is 31.0. The molecule has 220 valence electrons. The van der Waals surface area contributed by atoms with E-state index in [-0.39, 0.29) is 35.6 Å². The number of halogens is 3. The predicted molar refractivity (Wildman–Crippen MR) is 135 cm³/mol. The molecule has 16 heteroatoms. The number of fused-ring (bicyclic) bond motifs is 1. The van der Waals surface area contributed by atoms with Crippen LogP contribution in [0.1, 0.15) is 19.3 Å². The summed E-state index contributed by atoms with van der Waals surface area (Å²) in [4.78, 5) is 62.5. The molecule has 2 atom stereocenters. The Hall–Kier alpha value is -3.53. The van der Waals surface area contributed by atoms with Gasteiger partial charge in [-0.15, -0.1) is 11.8 Å². The van der Waals surface area contributed by atoms with Gasteiger partial charge in [0.15, 0.2) is 0 Å². The summed E-state index contributed by atoms with van der Waals surface area (Å²) >= 11 is 1.42. The van der Waals surface area contributed by atoms with E-state index in [9.17, 15) is 37.5 Å². The second-order valence-corrected chi connectivity index (χ2v) is 10.5. The summed E-state index contributed by atoms with van der Waals surface area (Å²) in [5, 5.41) is 16.4. The third-order valence-corrected chi connectivity index (χ3v) is 8.04. The van der Waals surface area contributed by atoms with Crippen LogP contribution in [0.3, 0.4) is 0 Å². The minimum Gasteiger partial charge on any atom is -0.477 e. The van der Waals surface area contributed by atoms with Crippen LogP contribution < -0.4 is 5.73 Å². The molecule has 4 aliphatic heterocycles. The number of hydrogen-bond donors (Lipinski definition) is 3. The molecule has 0 bridgehead atoms. The molecular weight excluding hydrogens is 561 g/mol. The van der Waals surface area contributed by atoms with E-state index in [0.717, 1.165) is 12.8 Å². The molecule has 0 aromatic heterocycles. The zero-order chi connectivity index (χ0) is 29.8. The number of alkyl halides is 3. The Kier molecular flexibility index (Phi) is 9.89. The molecular formula is C24H29F3N4O8S. The van der Waals surface area contributed by atoms with E-state index in [1.165, 1.54) is 22.7 Å². The molecule has 4 heterocycles. The molecule has 4 N–H and O–H groups in total. The number of carbonyl (C=O) groups excluding carboxylic acids is 3. The van der Waals surface area contributed by atoms with E-state index in [1.807, 2.05) is 0 Å². The van der Waals surface area contributed by atoms with Crippen molar-refractivity contribution in [2.45, 2.75) is 36.9 Å². The smallest absolute Gasteiger partial charge is 0.477 e. The maximum atomic E-state index is 13.0. The lowest BCUT2D eigenvalue weighted by atomic mass is 9.96. The van der Waals surface area contributed by atoms with Crippen LogP contribution in [0.15, 0.2) is 35.6 Å². The van der Waals surface area contributed by atoms with E-state index < -0.39 is 30.1 Å². The van der Waals surface area contributed by atoms with Crippen molar-refractivity contribution in [1.29, 1.82) is 0 Å². The summed E-state index contributed by atoms with van der Waals surface area (Å²) in [6, 6.07) is -0.683. The number of nitrogens with zero attached hydrogens (tertiary/aromatic N) is 3. The summed E-state index contributed by atoms with van der Waals surface area (Å²) < 4.78 is 36.8. The monoisotopic (exact) mass is 590 g/mol. The molecule has 40 heavy (non-hydrogen) atoms. The topological polar surface area (TPSA) is 171 Å². The van der Waals surface area contributed by atoms with Crippen molar-refractivity contribution in [2.75, 3.05) is 38.5 Å². The standard InChI is InChI=1S/C22H28N4O6S.C2HF3O2/c1-2-9-32-22(31)24-6-3-13(4-7-24)11-25-8-5-14(18(25)27)10-15-12-33-20-16(23)19(28)26(20)17(15)21(29)30;3-2(4,5)1(6)7/h2,10,13,16,20H,1,3-9,11-12,23H2,(H,29,30);(H,6,7)/b14-10+;/t16-,20-;/m1./s1. The highest BCUT2D eigenvalue weighted by atomic mass is 32.2. The number of rotatable bonds is 6. The number of amides is 3. The normalized spacial score (nSPS) is 24.3. The highest BCUT2D eigenvalue weighted by Gasteiger charge is 2.51. The summed E-state index contributed by atoms with van der Waals surface area (Å²) in [6.45, 7) is 6.08. The largest absolute Gasteiger partial charge is 0.490 e. The molecule has 0 spiro atoms. The molecule has 12 nitrogen and oxygen atoms in total. The summed E-state index contributed by atoms with van der Waals surface area (Å²) in [5.74, 6) is -3.77. The van der Waals surface area contributed by atoms with Crippen LogP contribution in [0.2, 0.25) is 0 Å². The van der Waals surface area contributed by atoms with Crippen molar-refractivity contribution in [3.63, 3.8) is 0 Å². The number of hydrogen-bond acceptors (Lipinski definition) is 8. The molecule has 0 aliphatic carbocycles.